The van der Waals surface area contributed by atoms with Gasteiger partial charge in [-0.2, -0.15) is 0 Å². The molecule has 2 unspecified atom stereocenters. The van der Waals surface area contributed by atoms with Crippen LogP contribution in [0.15, 0.2) is 157 Å². The van der Waals surface area contributed by atoms with Crippen molar-refractivity contribution in [1.29, 1.82) is 0 Å². The van der Waals surface area contributed by atoms with Crippen LogP contribution < -0.4 is 0 Å². The van der Waals surface area contributed by atoms with E-state index in [0.29, 0.717) is 7.25 Å². The van der Waals surface area contributed by atoms with Gasteiger partial charge >= 0.3 is 359 Å². The molecule has 2 heteroatoms. The van der Waals surface area contributed by atoms with Crippen molar-refractivity contribution in [3.63, 3.8) is 0 Å². The van der Waals surface area contributed by atoms with Crippen molar-refractivity contribution in [1.82, 2.24) is 0 Å². The van der Waals surface area contributed by atoms with Crippen LogP contribution in [0.2, 0.25) is 13.1 Å². The Hall–Kier alpha value is -4.10. The van der Waals surface area contributed by atoms with Crippen LogP contribution >= 0.6 is 0 Å². The van der Waals surface area contributed by atoms with Crippen molar-refractivity contribution in [3.8, 4) is 44.5 Å². The molecule has 0 amide bonds. The number of rotatable bonds is 11. The average Bonchev–Trinajstić information content (AvgIpc) is 4.11. The Morgan fingerprint density at radius 2 is 0.724 bits per heavy atom. The molecule has 0 aromatic heterocycles. The molecule has 58 heavy (non-hydrogen) atoms. The predicted octanol–water partition coefficient (Wildman–Crippen LogP) is 15.7. The number of allylic oxidation sites excluding steroid dienone is 2. The van der Waals surface area contributed by atoms with E-state index in [1.54, 1.807) is 22.3 Å². The zero-order valence-electron chi connectivity index (χ0n) is 34.5. The van der Waals surface area contributed by atoms with E-state index in [-0.39, 0.29) is 0 Å². The molecule has 0 N–H and O–H groups in total. The minimum absolute atomic E-state index is 0.579. The summed E-state index contributed by atoms with van der Waals surface area (Å²) in [4.78, 5) is 0. The quantitative estimate of drug-likeness (QED) is 0.114. The predicted molar refractivity (Wildman–Crippen MR) is 248 cm³/mol. The normalized spacial score (nSPS) is 19.0. The standard InChI is InChI=1S/2C27H25.C2H7Si.Zr/c2*1-3-11-22(12-4-1)24-15-16-25(23-13-5-2-6-14-23)27-19-21(18-26(24)27)17-20-9-7-8-10-20;1-3-2;/h2*1-6,11-16,18-20H,7-10,17H2;3H,1-2H3;. The first-order chi connectivity index (χ1) is 28.6. The monoisotopic (exact) mass is 847 g/mol. The van der Waals surface area contributed by atoms with Crippen molar-refractivity contribution in [2.24, 2.45) is 11.8 Å². The van der Waals surface area contributed by atoms with E-state index >= 15 is 0 Å². The van der Waals surface area contributed by atoms with Crippen LogP contribution in [-0.4, -0.2) is 5.92 Å². The maximum absolute atomic E-state index is 2.79. The van der Waals surface area contributed by atoms with Crippen LogP contribution in [0.25, 0.3) is 56.7 Å². The fourth-order valence-electron chi connectivity index (χ4n) is 11.6. The fourth-order valence-corrected chi connectivity index (χ4v) is 34.4. The molecule has 2 saturated carbocycles. The molecule has 2 atom stereocenters. The third kappa shape index (κ3) is 7.28. The van der Waals surface area contributed by atoms with Gasteiger partial charge in [0.25, 0.3) is 0 Å². The fraction of sp³-hybridized carbons (Fsp3) is 0.286. The second-order valence-electron chi connectivity index (χ2n) is 18.1. The number of hydrogen-bond donors (Lipinski definition) is 0. The molecule has 0 nitrogen and oxygen atoms in total. The van der Waals surface area contributed by atoms with Crippen molar-refractivity contribution < 1.29 is 20.9 Å². The molecule has 0 radical (unpaired) electrons. The molecule has 0 aliphatic heterocycles. The molecule has 0 bridgehead atoms. The van der Waals surface area contributed by atoms with Gasteiger partial charge in [-0.1, -0.05) is 0 Å². The van der Waals surface area contributed by atoms with E-state index in [4.69, 9.17) is 0 Å². The molecule has 4 aliphatic carbocycles. The van der Waals surface area contributed by atoms with Gasteiger partial charge in [0.1, 0.15) is 0 Å². The van der Waals surface area contributed by atoms with Crippen molar-refractivity contribution in [2.45, 2.75) is 84.6 Å². The summed E-state index contributed by atoms with van der Waals surface area (Å²) in [6, 6.07) is 55.6. The second kappa shape index (κ2) is 16.9. The van der Waals surface area contributed by atoms with Crippen LogP contribution in [0.3, 0.4) is 0 Å². The van der Waals surface area contributed by atoms with Crippen LogP contribution in [0.1, 0.15) is 93.7 Å². The summed E-state index contributed by atoms with van der Waals surface area (Å²) in [6.45, 7) is 5.58. The van der Waals surface area contributed by atoms with Gasteiger partial charge in [0.05, 0.1) is 0 Å². The third-order valence-corrected chi connectivity index (χ3v) is 35.9. The Balaban J connectivity index is 1.24. The number of hydrogen-bond acceptors (Lipinski definition) is 0. The molecule has 289 valence electrons. The van der Waals surface area contributed by atoms with E-state index in [1.165, 1.54) is 109 Å². The SMILES string of the molecule is C[SiH](C)[Zr]([CH]1C(CC2CCCC2)=Cc2c(-c3ccccc3)ccc(-c3ccccc3)c21)[CH]1C(CC2CCCC2)=Cc2c(-c3ccccc3)ccc(-c3ccccc3)c21. The van der Waals surface area contributed by atoms with Gasteiger partial charge in [-0.25, -0.2) is 0 Å². The van der Waals surface area contributed by atoms with E-state index in [9.17, 15) is 0 Å². The van der Waals surface area contributed by atoms with Crippen LogP contribution in [-0.2, 0) is 20.9 Å². The van der Waals surface area contributed by atoms with E-state index in [2.05, 4.69) is 171 Å². The summed E-state index contributed by atoms with van der Waals surface area (Å²) < 4.78 is 1.16. The summed E-state index contributed by atoms with van der Waals surface area (Å²) in [5.41, 5.74) is 21.4. The third-order valence-electron chi connectivity index (χ3n) is 14.2. The Kier molecular flexibility index (Phi) is 11.1. The molecule has 0 saturated heterocycles. The molecule has 10 rings (SSSR count). The Labute approximate surface area is 356 Å². The second-order valence-corrected chi connectivity index (χ2v) is 38.2. The molecular formula is C56H57SiZr. The van der Waals surface area contributed by atoms with Gasteiger partial charge in [-0.05, 0) is 0 Å². The van der Waals surface area contributed by atoms with Gasteiger partial charge in [0.15, 0.2) is 0 Å². The van der Waals surface area contributed by atoms with Crippen molar-refractivity contribution in [2.75, 3.05) is 0 Å². The van der Waals surface area contributed by atoms with E-state index in [0.717, 1.165) is 11.8 Å². The Morgan fingerprint density at radius 3 is 1.05 bits per heavy atom. The topological polar surface area (TPSA) is 0 Å². The zero-order valence-corrected chi connectivity index (χ0v) is 38.1. The average molecular weight is 849 g/mol. The van der Waals surface area contributed by atoms with Gasteiger partial charge in [-0.3, -0.25) is 0 Å². The van der Waals surface area contributed by atoms with Crippen LogP contribution in [0, 0.1) is 11.8 Å². The van der Waals surface area contributed by atoms with Crippen molar-refractivity contribution >= 4 is 18.1 Å². The first-order valence-corrected chi connectivity index (χ1v) is 32.4. The van der Waals surface area contributed by atoms with Gasteiger partial charge in [0, 0.05) is 0 Å². The van der Waals surface area contributed by atoms with E-state index < -0.39 is 26.8 Å². The summed E-state index contributed by atoms with van der Waals surface area (Å²) in [6.07, 6.45) is 19.3. The molecule has 6 aromatic rings. The number of benzene rings is 6. The summed E-state index contributed by atoms with van der Waals surface area (Å²) in [7, 11) is 0. The minimum atomic E-state index is -2.56. The molecule has 2 fully saturated rings. The Bertz CT molecular complexity index is 2260. The van der Waals surface area contributed by atoms with Crippen LogP contribution in [0.5, 0.6) is 0 Å². The summed E-state index contributed by atoms with van der Waals surface area (Å²) in [5.74, 6) is 0.457. The Morgan fingerprint density at radius 1 is 0.414 bits per heavy atom. The maximum atomic E-state index is 2.79. The summed E-state index contributed by atoms with van der Waals surface area (Å²) in [5, 5.41) is 0. The first-order valence-electron chi connectivity index (χ1n) is 22.5. The molecule has 6 aromatic carbocycles. The molecule has 0 spiro atoms. The number of fused-ring (bicyclic) bond motifs is 2. The van der Waals surface area contributed by atoms with Gasteiger partial charge in [0.2, 0.25) is 0 Å². The van der Waals surface area contributed by atoms with Gasteiger partial charge in [-0.15, -0.1) is 0 Å². The van der Waals surface area contributed by atoms with Crippen molar-refractivity contribution in [3.05, 3.63) is 179 Å². The molecule has 0 heterocycles. The molecular weight excluding hydrogens is 792 g/mol. The zero-order chi connectivity index (χ0) is 39.0. The first kappa shape index (κ1) is 38.1. The summed E-state index contributed by atoms with van der Waals surface area (Å²) >= 11 is -2.56. The van der Waals surface area contributed by atoms with Crippen LogP contribution in [0.4, 0.5) is 0 Å². The van der Waals surface area contributed by atoms with Gasteiger partial charge < -0.3 is 0 Å². The van der Waals surface area contributed by atoms with E-state index in [1.807, 2.05) is 11.1 Å². The molecule has 4 aliphatic rings.